The van der Waals surface area contributed by atoms with Crippen molar-refractivity contribution in [1.82, 2.24) is 20.1 Å². The summed E-state index contributed by atoms with van der Waals surface area (Å²) in [6.45, 7) is 10.8. The van der Waals surface area contributed by atoms with Gasteiger partial charge in [-0.05, 0) is 64.3 Å². The molecule has 1 aromatic heterocycles. The highest BCUT2D eigenvalue weighted by Crippen LogP contribution is 2.30. The van der Waals surface area contributed by atoms with Gasteiger partial charge in [0.1, 0.15) is 0 Å². The third kappa shape index (κ3) is 5.29. The summed E-state index contributed by atoms with van der Waals surface area (Å²) in [5, 5.41) is 3.88. The van der Waals surface area contributed by atoms with Gasteiger partial charge < -0.3 is 15.1 Å². The maximum Gasteiger partial charge on any atom is 0.252 e. The lowest BCUT2D eigenvalue weighted by atomic mass is 9.99. The van der Waals surface area contributed by atoms with E-state index in [2.05, 4.69) is 17.1 Å². The number of hydrogen-bond acceptors (Lipinski definition) is 4. The monoisotopic (exact) mass is 436 g/mol. The van der Waals surface area contributed by atoms with Crippen LogP contribution in [0.3, 0.4) is 0 Å². The average Bonchev–Trinajstić information content (AvgIpc) is 3.28. The van der Waals surface area contributed by atoms with Crippen molar-refractivity contribution in [1.29, 1.82) is 0 Å². The van der Waals surface area contributed by atoms with Gasteiger partial charge in [0.2, 0.25) is 5.91 Å². The molecule has 0 unspecified atom stereocenters. The SMILES string of the molecule is CC1CCN(CCC(=O)N2CC[C@@H](c3cc(C(=O)NC(C)C)c4ccccc4n3)C2)CC1. The molecule has 2 aliphatic rings. The van der Waals surface area contributed by atoms with Gasteiger partial charge in [0.05, 0.1) is 11.1 Å². The van der Waals surface area contributed by atoms with Crippen molar-refractivity contribution in [2.24, 2.45) is 5.92 Å². The van der Waals surface area contributed by atoms with Crippen LogP contribution in [0.25, 0.3) is 10.9 Å². The lowest BCUT2D eigenvalue weighted by molar-refractivity contribution is -0.130. The van der Waals surface area contributed by atoms with Crippen molar-refractivity contribution >= 4 is 22.7 Å². The van der Waals surface area contributed by atoms with Crippen LogP contribution in [0.4, 0.5) is 0 Å². The highest BCUT2D eigenvalue weighted by molar-refractivity contribution is 6.06. The zero-order valence-electron chi connectivity index (χ0n) is 19.6. The predicted molar refractivity (Wildman–Crippen MR) is 128 cm³/mol. The Morgan fingerprint density at radius 3 is 2.62 bits per heavy atom. The fourth-order valence-corrected chi connectivity index (χ4v) is 4.86. The van der Waals surface area contributed by atoms with E-state index >= 15 is 0 Å². The molecule has 0 aliphatic carbocycles. The van der Waals surface area contributed by atoms with Crippen LogP contribution in [0.15, 0.2) is 30.3 Å². The number of likely N-dealkylation sites (tertiary alicyclic amines) is 2. The Bertz CT molecular complexity index is 965. The minimum absolute atomic E-state index is 0.0679. The Morgan fingerprint density at radius 2 is 1.88 bits per heavy atom. The number of piperidine rings is 1. The molecule has 172 valence electrons. The van der Waals surface area contributed by atoms with Gasteiger partial charge in [-0.3, -0.25) is 14.6 Å². The minimum Gasteiger partial charge on any atom is -0.350 e. The molecule has 1 N–H and O–H groups in total. The number of aromatic nitrogens is 1. The zero-order valence-corrected chi connectivity index (χ0v) is 19.6. The summed E-state index contributed by atoms with van der Waals surface area (Å²) in [5.41, 5.74) is 2.42. The van der Waals surface area contributed by atoms with Crippen molar-refractivity contribution < 1.29 is 9.59 Å². The average molecular weight is 437 g/mol. The van der Waals surface area contributed by atoms with Crippen molar-refractivity contribution in [3.05, 3.63) is 41.6 Å². The Labute approximate surface area is 191 Å². The minimum atomic E-state index is -0.0679. The molecule has 2 fully saturated rings. The number of nitrogens with one attached hydrogen (secondary N) is 1. The van der Waals surface area contributed by atoms with Gasteiger partial charge in [0.15, 0.2) is 0 Å². The van der Waals surface area contributed by atoms with Gasteiger partial charge in [-0.2, -0.15) is 0 Å². The normalized spacial score (nSPS) is 20.2. The van der Waals surface area contributed by atoms with Crippen LogP contribution in [-0.4, -0.2) is 65.4 Å². The number of para-hydroxylation sites is 1. The van der Waals surface area contributed by atoms with E-state index in [1.54, 1.807) is 0 Å². The summed E-state index contributed by atoms with van der Waals surface area (Å²) in [4.78, 5) is 35.0. The van der Waals surface area contributed by atoms with Gasteiger partial charge in [-0.1, -0.05) is 25.1 Å². The Morgan fingerprint density at radius 1 is 1.12 bits per heavy atom. The molecule has 32 heavy (non-hydrogen) atoms. The van der Waals surface area contributed by atoms with Gasteiger partial charge in [-0.25, -0.2) is 0 Å². The largest absolute Gasteiger partial charge is 0.350 e. The molecule has 0 radical (unpaired) electrons. The molecule has 1 atom stereocenters. The van der Waals surface area contributed by atoms with E-state index < -0.39 is 0 Å². The van der Waals surface area contributed by atoms with E-state index in [1.807, 2.05) is 49.1 Å². The first-order valence-corrected chi connectivity index (χ1v) is 12.1. The second-order valence-electron chi connectivity index (χ2n) is 9.84. The fraction of sp³-hybridized carbons (Fsp3) is 0.577. The van der Waals surface area contributed by atoms with Crippen LogP contribution in [0.2, 0.25) is 0 Å². The first-order valence-electron chi connectivity index (χ1n) is 12.1. The number of fused-ring (bicyclic) bond motifs is 1. The van der Waals surface area contributed by atoms with Gasteiger partial charge in [-0.15, -0.1) is 0 Å². The van der Waals surface area contributed by atoms with Crippen LogP contribution >= 0.6 is 0 Å². The number of benzene rings is 1. The van der Waals surface area contributed by atoms with Gasteiger partial charge in [0.25, 0.3) is 5.91 Å². The van der Waals surface area contributed by atoms with Crippen LogP contribution in [0, 0.1) is 5.92 Å². The van der Waals surface area contributed by atoms with Crippen molar-refractivity contribution in [2.45, 2.75) is 58.4 Å². The molecular weight excluding hydrogens is 400 g/mol. The molecular formula is C26H36N4O2. The van der Waals surface area contributed by atoms with E-state index in [-0.39, 0.29) is 23.8 Å². The lowest BCUT2D eigenvalue weighted by Crippen LogP contribution is -2.37. The number of carbonyl (C=O) groups excluding carboxylic acids is 2. The van der Waals surface area contributed by atoms with Gasteiger partial charge >= 0.3 is 0 Å². The Hall–Kier alpha value is -2.47. The summed E-state index contributed by atoms with van der Waals surface area (Å²) >= 11 is 0. The van der Waals surface area contributed by atoms with Crippen molar-refractivity contribution in [3.63, 3.8) is 0 Å². The van der Waals surface area contributed by atoms with Crippen molar-refractivity contribution in [2.75, 3.05) is 32.7 Å². The molecule has 6 heteroatoms. The number of nitrogens with zero attached hydrogens (tertiary/aromatic N) is 3. The summed E-state index contributed by atoms with van der Waals surface area (Å²) in [6, 6.07) is 9.81. The fourth-order valence-electron chi connectivity index (χ4n) is 4.86. The maximum atomic E-state index is 12.9. The molecule has 0 saturated carbocycles. The van der Waals surface area contributed by atoms with Gasteiger partial charge in [0, 0.05) is 49.1 Å². The molecule has 0 spiro atoms. The summed E-state index contributed by atoms with van der Waals surface area (Å²) in [5.74, 6) is 1.15. The Balaban J connectivity index is 1.43. The number of carbonyl (C=O) groups is 2. The van der Waals surface area contributed by atoms with Crippen LogP contribution in [0.5, 0.6) is 0 Å². The second kappa shape index (κ2) is 9.99. The van der Waals surface area contributed by atoms with E-state index in [0.29, 0.717) is 18.5 Å². The molecule has 3 heterocycles. The van der Waals surface area contributed by atoms with Crippen LogP contribution in [-0.2, 0) is 4.79 Å². The molecule has 4 rings (SSSR count). The first-order chi connectivity index (χ1) is 15.4. The molecule has 2 saturated heterocycles. The summed E-state index contributed by atoms with van der Waals surface area (Å²) < 4.78 is 0. The third-order valence-corrected chi connectivity index (χ3v) is 6.88. The number of amides is 2. The van der Waals surface area contributed by atoms with E-state index in [1.165, 1.54) is 12.8 Å². The van der Waals surface area contributed by atoms with Crippen LogP contribution in [0.1, 0.15) is 68.4 Å². The summed E-state index contributed by atoms with van der Waals surface area (Å²) in [7, 11) is 0. The van der Waals surface area contributed by atoms with Crippen LogP contribution < -0.4 is 5.32 Å². The maximum absolute atomic E-state index is 12.9. The molecule has 0 bridgehead atoms. The molecule has 2 aromatic rings. The topological polar surface area (TPSA) is 65.5 Å². The standard InChI is InChI=1S/C26H36N4O2/c1-18(2)27-26(32)22-16-24(28-23-7-5-4-6-21(22)23)20-10-15-30(17-20)25(31)11-14-29-12-8-19(3)9-13-29/h4-7,16,18-20H,8-15,17H2,1-3H3,(H,27,32)/t20-/m1/s1. The molecule has 1 aromatic carbocycles. The van der Waals surface area contributed by atoms with E-state index in [0.717, 1.165) is 55.1 Å². The third-order valence-electron chi connectivity index (χ3n) is 6.88. The molecule has 2 amide bonds. The predicted octanol–water partition coefficient (Wildman–Crippen LogP) is 3.81. The van der Waals surface area contributed by atoms with Crippen molar-refractivity contribution in [3.8, 4) is 0 Å². The smallest absolute Gasteiger partial charge is 0.252 e. The lowest BCUT2D eigenvalue weighted by Gasteiger charge is -2.30. The first kappa shape index (κ1) is 22.7. The molecule has 2 aliphatic heterocycles. The highest BCUT2D eigenvalue weighted by Gasteiger charge is 2.29. The number of pyridine rings is 1. The second-order valence-corrected chi connectivity index (χ2v) is 9.84. The quantitative estimate of drug-likeness (QED) is 0.748. The van der Waals surface area contributed by atoms with E-state index in [9.17, 15) is 9.59 Å². The Kier molecular flexibility index (Phi) is 7.09. The molecule has 6 nitrogen and oxygen atoms in total. The number of rotatable bonds is 6. The highest BCUT2D eigenvalue weighted by atomic mass is 16.2. The summed E-state index contributed by atoms with van der Waals surface area (Å²) in [6.07, 6.45) is 3.96. The zero-order chi connectivity index (χ0) is 22.7. The number of hydrogen-bond donors (Lipinski definition) is 1. The van der Waals surface area contributed by atoms with E-state index in [4.69, 9.17) is 4.98 Å².